The second-order valence-electron chi connectivity index (χ2n) is 7.96. The van der Waals surface area contributed by atoms with Crippen molar-refractivity contribution < 1.29 is 9.90 Å². The van der Waals surface area contributed by atoms with Gasteiger partial charge in [-0.25, -0.2) is 14.8 Å². The van der Waals surface area contributed by atoms with Crippen molar-refractivity contribution in [1.82, 2.24) is 19.3 Å². The number of aromatic carboxylic acids is 1. The second kappa shape index (κ2) is 7.25. The largest absolute Gasteiger partial charge is 0.478 e. The van der Waals surface area contributed by atoms with E-state index in [-0.39, 0.29) is 5.56 Å². The van der Waals surface area contributed by atoms with E-state index in [1.165, 1.54) is 0 Å². The molecule has 0 saturated carbocycles. The average molecular weight is 403 g/mol. The number of likely N-dealkylation sites (N-methyl/N-ethyl adjacent to an activating group) is 1. The van der Waals surface area contributed by atoms with Gasteiger partial charge in [-0.1, -0.05) is 19.1 Å². The molecule has 7 heteroatoms. The van der Waals surface area contributed by atoms with Crippen molar-refractivity contribution in [3.8, 4) is 0 Å². The minimum absolute atomic E-state index is 0.271. The van der Waals surface area contributed by atoms with Crippen LogP contribution in [-0.2, 0) is 6.42 Å². The summed E-state index contributed by atoms with van der Waals surface area (Å²) < 4.78 is 1.92. The van der Waals surface area contributed by atoms with Crippen molar-refractivity contribution >= 4 is 39.5 Å². The number of carbonyl (C=O) groups is 1. The fourth-order valence-electron chi connectivity index (χ4n) is 4.57. The molecule has 0 spiro atoms. The number of aryl methyl sites for hydroxylation is 1. The summed E-state index contributed by atoms with van der Waals surface area (Å²) >= 11 is 0. The molecule has 0 aliphatic carbocycles. The highest BCUT2D eigenvalue weighted by Gasteiger charge is 2.23. The maximum absolute atomic E-state index is 12.2. The summed E-state index contributed by atoms with van der Waals surface area (Å²) in [6.45, 7) is 5.96. The Bertz CT molecular complexity index is 1280. The summed E-state index contributed by atoms with van der Waals surface area (Å²) in [7, 11) is 2.15. The molecule has 0 unspecified atom stereocenters. The lowest BCUT2D eigenvalue weighted by Gasteiger charge is -2.22. The molecule has 0 radical (unpaired) electrons. The SMILES string of the molecule is CCc1c(C(=O)O)c2nc3ccccc3n2c2nc(N3CCCN(C)CC3)ccc12. The minimum atomic E-state index is -0.950. The van der Waals surface area contributed by atoms with E-state index in [2.05, 4.69) is 21.8 Å². The number of nitrogens with zero attached hydrogens (tertiary/aromatic N) is 5. The number of aromatic nitrogens is 3. The average Bonchev–Trinajstić information content (AvgIpc) is 3.00. The highest BCUT2D eigenvalue weighted by Crippen LogP contribution is 2.31. The number of carboxylic acid groups (broad SMARTS) is 1. The Morgan fingerprint density at radius 1 is 1.03 bits per heavy atom. The Hall–Kier alpha value is -3.19. The molecular formula is C23H25N5O2. The van der Waals surface area contributed by atoms with Gasteiger partial charge >= 0.3 is 5.97 Å². The molecule has 0 amide bonds. The van der Waals surface area contributed by atoms with Gasteiger partial charge in [0.25, 0.3) is 0 Å². The fourth-order valence-corrected chi connectivity index (χ4v) is 4.57. The molecule has 1 N–H and O–H groups in total. The number of benzene rings is 1. The van der Waals surface area contributed by atoms with Gasteiger partial charge in [0.15, 0.2) is 5.65 Å². The third-order valence-electron chi connectivity index (χ3n) is 6.09. The fraction of sp³-hybridized carbons (Fsp3) is 0.348. The summed E-state index contributed by atoms with van der Waals surface area (Å²) in [6, 6.07) is 11.8. The van der Waals surface area contributed by atoms with Gasteiger partial charge in [-0.05, 0) is 56.3 Å². The maximum Gasteiger partial charge on any atom is 0.339 e. The number of pyridine rings is 2. The van der Waals surface area contributed by atoms with E-state index in [9.17, 15) is 9.90 Å². The number of fused-ring (bicyclic) bond motifs is 5. The molecule has 3 aromatic heterocycles. The van der Waals surface area contributed by atoms with E-state index in [0.717, 1.165) is 66.0 Å². The van der Waals surface area contributed by atoms with Gasteiger partial charge in [0.1, 0.15) is 17.0 Å². The van der Waals surface area contributed by atoms with Gasteiger partial charge in [0, 0.05) is 25.0 Å². The van der Waals surface area contributed by atoms with Gasteiger partial charge in [0.05, 0.1) is 11.0 Å². The Morgan fingerprint density at radius 2 is 1.87 bits per heavy atom. The van der Waals surface area contributed by atoms with Crippen LogP contribution in [0.3, 0.4) is 0 Å². The lowest BCUT2D eigenvalue weighted by molar-refractivity contribution is 0.0697. The highest BCUT2D eigenvalue weighted by molar-refractivity contribution is 6.05. The van der Waals surface area contributed by atoms with Crippen LogP contribution in [-0.4, -0.2) is 63.6 Å². The van der Waals surface area contributed by atoms with E-state index in [1.54, 1.807) is 0 Å². The Balaban J connectivity index is 1.83. The van der Waals surface area contributed by atoms with E-state index in [4.69, 9.17) is 4.98 Å². The quantitative estimate of drug-likeness (QED) is 0.565. The number of hydrogen-bond acceptors (Lipinski definition) is 5. The molecule has 0 atom stereocenters. The molecule has 1 aliphatic rings. The molecule has 1 aromatic carbocycles. The van der Waals surface area contributed by atoms with Gasteiger partial charge in [-0.3, -0.25) is 4.40 Å². The molecular weight excluding hydrogens is 378 g/mol. The second-order valence-corrected chi connectivity index (χ2v) is 7.96. The minimum Gasteiger partial charge on any atom is -0.478 e. The van der Waals surface area contributed by atoms with Crippen LogP contribution in [0.2, 0.25) is 0 Å². The standard InChI is InChI=1S/C23H25N5O2/c1-3-15-16-9-10-19(27-12-6-11-26(2)13-14-27)25-21(16)28-18-8-5-4-7-17(18)24-22(28)20(15)23(29)30/h4-5,7-10H,3,6,11-14H2,1-2H3,(H,29,30). The molecule has 1 aliphatic heterocycles. The smallest absolute Gasteiger partial charge is 0.339 e. The van der Waals surface area contributed by atoms with Crippen LogP contribution in [0.15, 0.2) is 36.4 Å². The summed E-state index contributed by atoms with van der Waals surface area (Å²) in [5.74, 6) is -0.0179. The zero-order valence-electron chi connectivity index (χ0n) is 17.3. The Kier molecular flexibility index (Phi) is 4.55. The van der Waals surface area contributed by atoms with Crippen LogP contribution in [0.5, 0.6) is 0 Å². The molecule has 30 heavy (non-hydrogen) atoms. The molecule has 154 valence electrons. The van der Waals surface area contributed by atoms with Gasteiger partial charge in [0.2, 0.25) is 0 Å². The molecule has 0 bridgehead atoms. The zero-order chi connectivity index (χ0) is 20.8. The molecule has 1 saturated heterocycles. The van der Waals surface area contributed by atoms with E-state index in [1.807, 2.05) is 47.7 Å². The van der Waals surface area contributed by atoms with Crippen LogP contribution in [0.4, 0.5) is 5.82 Å². The van der Waals surface area contributed by atoms with Gasteiger partial charge in [-0.15, -0.1) is 0 Å². The van der Waals surface area contributed by atoms with Crippen molar-refractivity contribution in [2.75, 3.05) is 38.1 Å². The molecule has 5 rings (SSSR count). The topological polar surface area (TPSA) is 74.0 Å². The van der Waals surface area contributed by atoms with Crippen LogP contribution in [0, 0.1) is 0 Å². The highest BCUT2D eigenvalue weighted by atomic mass is 16.4. The van der Waals surface area contributed by atoms with Gasteiger partial charge in [-0.2, -0.15) is 0 Å². The maximum atomic E-state index is 12.2. The van der Waals surface area contributed by atoms with Crippen LogP contribution in [0.1, 0.15) is 29.3 Å². The van der Waals surface area contributed by atoms with Crippen molar-refractivity contribution in [1.29, 1.82) is 0 Å². The van der Waals surface area contributed by atoms with Gasteiger partial charge < -0.3 is 14.9 Å². The Morgan fingerprint density at radius 3 is 2.67 bits per heavy atom. The summed E-state index contributed by atoms with van der Waals surface area (Å²) in [5, 5.41) is 10.9. The monoisotopic (exact) mass is 403 g/mol. The first-order valence-electron chi connectivity index (χ1n) is 10.5. The number of para-hydroxylation sites is 2. The van der Waals surface area contributed by atoms with E-state index in [0.29, 0.717) is 12.1 Å². The molecule has 7 nitrogen and oxygen atoms in total. The zero-order valence-corrected chi connectivity index (χ0v) is 17.3. The Labute approximate surface area is 174 Å². The predicted molar refractivity (Wildman–Crippen MR) is 119 cm³/mol. The molecule has 4 heterocycles. The number of rotatable bonds is 3. The summed E-state index contributed by atoms with van der Waals surface area (Å²) in [4.78, 5) is 26.6. The number of hydrogen-bond donors (Lipinski definition) is 1. The van der Waals surface area contributed by atoms with Crippen LogP contribution >= 0.6 is 0 Å². The molecule has 1 fully saturated rings. The van der Waals surface area contributed by atoms with Crippen LogP contribution < -0.4 is 4.90 Å². The van der Waals surface area contributed by atoms with Crippen molar-refractivity contribution in [2.45, 2.75) is 19.8 Å². The summed E-state index contributed by atoms with van der Waals surface area (Å²) in [5.41, 5.74) is 3.95. The molecule has 4 aromatic rings. The lowest BCUT2D eigenvalue weighted by atomic mass is 10.0. The van der Waals surface area contributed by atoms with Crippen LogP contribution in [0.25, 0.3) is 27.7 Å². The first-order chi connectivity index (χ1) is 14.6. The number of anilines is 1. The first-order valence-corrected chi connectivity index (χ1v) is 10.5. The third kappa shape index (κ3) is 2.89. The number of imidazole rings is 1. The lowest BCUT2D eigenvalue weighted by Crippen LogP contribution is -2.29. The summed E-state index contributed by atoms with van der Waals surface area (Å²) in [6.07, 6.45) is 1.70. The van der Waals surface area contributed by atoms with Crippen molar-refractivity contribution in [2.24, 2.45) is 0 Å². The third-order valence-corrected chi connectivity index (χ3v) is 6.09. The number of carboxylic acids is 1. The van der Waals surface area contributed by atoms with E-state index >= 15 is 0 Å². The van der Waals surface area contributed by atoms with Crippen molar-refractivity contribution in [3.05, 3.63) is 47.5 Å². The normalized spacial score (nSPS) is 15.9. The predicted octanol–water partition coefficient (Wildman–Crippen LogP) is 3.44. The van der Waals surface area contributed by atoms with E-state index < -0.39 is 5.97 Å². The first kappa shape index (κ1) is 18.8. The van der Waals surface area contributed by atoms with Crippen molar-refractivity contribution in [3.63, 3.8) is 0 Å².